The number of ether oxygens (including phenoxy) is 1. The number of methoxy groups -OCH3 is 1. The minimum atomic E-state index is -0.616. The number of carbonyl (C=O) groups is 2. The van der Waals surface area contributed by atoms with Gasteiger partial charge in [0.1, 0.15) is 45.6 Å². The monoisotopic (exact) mass is 432 g/mol. The highest BCUT2D eigenvalue weighted by Crippen LogP contribution is 2.46. The first-order valence-corrected chi connectivity index (χ1v) is 10.0. The molecule has 0 fully saturated rings. The van der Waals surface area contributed by atoms with E-state index in [2.05, 4.69) is 0 Å². The topological polar surface area (TPSA) is 145 Å². The van der Waals surface area contributed by atoms with Crippen LogP contribution in [0.1, 0.15) is 76.9 Å². The molecule has 0 aromatic heterocycles. The number of phenolic OH excluding ortho intramolecular Hbond substituents is 5. The third-order valence-electron chi connectivity index (χ3n) is 5.19. The summed E-state index contributed by atoms with van der Waals surface area (Å²) in [4.78, 5) is 24.9. The third kappa shape index (κ3) is 4.38. The van der Waals surface area contributed by atoms with Crippen LogP contribution in [0.2, 0.25) is 0 Å². The molecule has 0 saturated carbocycles. The summed E-state index contributed by atoms with van der Waals surface area (Å²) >= 11 is 0. The Hall–Kier alpha value is -3.42. The summed E-state index contributed by atoms with van der Waals surface area (Å²) < 4.78 is 5.21. The van der Waals surface area contributed by atoms with Crippen LogP contribution in [0.3, 0.4) is 0 Å². The molecule has 8 heteroatoms. The zero-order valence-corrected chi connectivity index (χ0v) is 18.1. The van der Waals surface area contributed by atoms with Gasteiger partial charge in [0.05, 0.1) is 7.11 Å². The van der Waals surface area contributed by atoms with Gasteiger partial charge in [-0.15, -0.1) is 0 Å². The fraction of sp³-hybridized carbons (Fsp3) is 0.391. The van der Waals surface area contributed by atoms with E-state index < -0.39 is 40.3 Å². The maximum absolute atomic E-state index is 12.5. The van der Waals surface area contributed by atoms with Gasteiger partial charge in [-0.1, -0.05) is 13.8 Å². The summed E-state index contributed by atoms with van der Waals surface area (Å²) in [5.74, 6) is -3.54. The zero-order valence-electron chi connectivity index (χ0n) is 18.1. The molecule has 2 aromatic rings. The number of rotatable bonds is 9. The van der Waals surface area contributed by atoms with E-state index in [0.29, 0.717) is 12.8 Å². The van der Waals surface area contributed by atoms with E-state index in [-0.39, 0.29) is 52.8 Å². The molecule has 0 unspecified atom stereocenters. The zero-order chi connectivity index (χ0) is 23.5. The lowest BCUT2D eigenvalue weighted by molar-refractivity contribution is 0.0967. The van der Waals surface area contributed by atoms with Gasteiger partial charge >= 0.3 is 0 Å². The van der Waals surface area contributed by atoms with Crippen LogP contribution < -0.4 is 4.74 Å². The molecule has 0 aliphatic carbocycles. The second kappa shape index (κ2) is 9.59. The Morgan fingerprint density at radius 3 is 1.84 bits per heavy atom. The lowest BCUT2D eigenvalue weighted by Gasteiger charge is -2.19. The van der Waals surface area contributed by atoms with Crippen molar-refractivity contribution >= 4 is 11.6 Å². The number of aromatic hydroxyl groups is 5. The van der Waals surface area contributed by atoms with Crippen molar-refractivity contribution in [2.45, 2.75) is 52.9 Å². The Kier molecular flexibility index (Phi) is 7.38. The summed E-state index contributed by atoms with van der Waals surface area (Å²) in [6.07, 6.45) is 0.835. The normalized spacial score (nSPS) is 10.8. The van der Waals surface area contributed by atoms with Gasteiger partial charge < -0.3 is 30.3 Å². The van der Waals surface area contributed by atoms with E-state index in [0.717, 1.165) is 0 Å². The van der Waals surface area contributed by atoms with Crippen LogP contribution in [0.4, 0.5) is 0 Å². The molecule has 0 spiro atoms. The summed E-state index contributed by atoms with van der Waals surface area (Å²) in [5.41, 5.74) is -0.694. The van der Waals surface area contributed by atoms with Crippen molar-refractivity contribution in [3.05, 3.63) is 33.9 Å². The number of hydrogen-bond donors (Lipinski definition) is 5. The quantitative estimate of drug-likeness (QED) is 0.373. The van der Waals surface area contributed by atoms with Crippen molar-refractivity contribution in [1.82, 2.24) is 0 Å². The van der Waals surface area contributed by atoms with Crippen LogP contribution in [0.25, 0.3) is 0 Å². The number of ketones is 2. The fourth-order valence-electron chi connectivity index (χ4n) is 3.51. The van der Waals surface area contributed by atoms with E-state index in [1.54, 1.807) is 13.8 Å². The maximum Gasteiger partial charge on any atom is 0.170 e. The minimum absolute atomic E-state index is 0.00762. The molecular formula is C23H28O8. The van der Waals surface area contributed by atoms with Crippen molar-refractivity contribution in [1.29, 1.82) is 0 Å². The lowest BCUT2D eigenvalue weighted by Crippen LogP contribution is -2.06. The van der Waals surface area contributed by atoms with Gasteiger partial charge in [0.2, 0.25) is 0 Å². The average Bonchev–Trinajstić information content (AvgIpc) is 2.71. The van der Waals surface area contributed by atoms with Gasteiger partial charge in [-0.25, -0.2) is 0 Å². The molecule has 0 aliphatic rings. The molecule has 5 N–H and O–H groups in total. The SMILES string of the molecule is CCCC(=O)c1c(O)cc(OC)c(Cc2c(O)c(C)c(O)c(C(=O)CCC)c2O)c1O. The van der Waals surface area contributed by atoms with E-state index in [4.69, 9.17) is 4.74 Å². The molecule has 8 nitrogen and oxygen atoms in total. The van der Waals surface area contributed by atoms with E-state index >= 15 is 0 Å². The van der Waals surface area contributed by atoms with Gasteiger partial charge in [-0.05, 0) is 19.8 Å². The van der Waals surface area contributed by atoms with Crippen molar-refractivity contribution in [2.24, 2.45) is 0 Å². The highest BCUT2D eigenvalue weighted by molar-refractivity contribution is 6.03. The second-order valence-electron chi connectivity index (χ2n) is 7.35. The Morgan fingerprint density at radius 2 is 1.32 bits per heavy atom. The Morgan fingerprint density at radius 1 is 0.806 bits per heavy atom. The van der Waals surface area contributed by atoms with Crippen molar-refractivity contribution in [3.63, 3.8) is 0 Å². The van der Waals surface area contributed by atoms with E-state index in [9.17, 15) is 35.1 Å². The second-order valence-corrected chi connectivity index (χ2v) is 7.35. The standard InChI is InChI=1S/C23H28O8/c1-5-7-14(24)18-16(26)10-17(31-4)12(22(18)29)9-13-20(27)11(3)21(28)19(23(13)30)15(25)8-6-2/h10,26-30H,5-9H2,1-4H3. The molecule has 0 amide bonds. The predicted molar refractivity (Wildman–Crippen MR) is 114 cm³/mol. The lowest BCUT2D eigenvalue weighted by atomic mass is 9.91. The number of carbonyl (C=O) groups excluding carboxylic acids is 2. The molecule has 0 atom stereocenters. The highest BCUT2D eigenvalue weighted by Gasteiger charge is 2.29. The first-order chi connectivity index (χ1) is 14.6. The first-order valence-electron chi connectivity index (χ1n) is 10.0. The number of benzene rings is 2. The Bertz CT molecular complexity index is 1020. The number of Topliss-reactive ketones (excluding diaryl/α,β-unsaturated/α-hetero) is 2. The average molecular weight is 432 g/mol. The molecule has 0 bridgehead atoms. The first kappa shape index (κ1) is 23.9. The summed E-state index contributed by atoms with van der Waals surface area (Å²) in [6, 6.07) is 1.17. The molecule has 2 aromatic carbocycles. The Balaban J connectivity index is 2.75. The van der Waals surface area contributed by atoms with Crippen LogP contribution in [0.5, 0.6) is 34.5 Å². The van der Waals surface area contributed by atoms with Gasteiger partial charge in [0.25, 0.3) is 0 Å². The molecule has 0 saturated heterocycles. The number of phenols is 5. The molecular weight excluding hydrogens is 404 g/mol. The summed E-state index contributed by atoms with van der Waals surface area (Å²) in [6.45, 7) is 4.94. The van der Waals surface area contributed by atoms with Gasteiger partial charge in [-0.3, -0.25) is 9.59 Å². The third-order valence-corrected chi connectivity index (χ3v) is 5.19. The van der Waals surface area contributed by atoms with Crippen LogP contribution in [-0.4, -0.2) is 44.2 Å². The van der Waals surface area contributed by atoms with Gasteiger partial charge in [0, 0.05) is 42.0 Å². The maximum atomic E-state index is 12.5. The largest absolute Gasteiger partial charge is 0.507 e. The van der Waals surface area contributed by atoms with Crippen molar-refractivity contribution in [3.8, 4) is 34.5 Å². The molecule has 168 valence electrons. The fourth-order valence-corrected chi connectivity index (χ4v) is 3.51. The molecule has 0 aliphatic heterocycles. The van der Waals surface area contributed by atoms with E-state index in [1.807, 2.05) is 0 Å². The number of hydrogen-bond acceptors (Lipinski definition) is 8. The van der Waals surface area contributed by atoms with E-state index in [1.165, 1.54) is 20.1 Å². The summed E-state index contributed by atoms with van der Waals surface area (Å²) in [7, 11) is 1.29. The van der Waals surface area contributed by atoms with Gasteiger partial charge in [0.15, 0.2) is 11.6 Å². The Labute approximate surface area is 180 Å². The highest BCUT2D eigenvalue weighted by atomic mass is 16.5. The summed E-state index contributed by atoms with van der Waals surface area (Å²) in [5, 5.41) is 52.6. The van der Waals surface area contributed by atoms with Crippen LogP contribution in [-0.2, 0) is 6.42 Å². The molecule has 0 radical (unpaired) electrons. The van der Waals surface area contributed by atoms with Crippen LogP contribution in [0.15, 0.2) is 6.07 Å². The van der Waals surface area contributed by atoms with Crippen LogP contribution in [0, 0.1) is 6.92 Å². The molecule has 31 heavy (non-hydrogen) atoms. The van der Waals surface area contributed by atoms with Gasteiger partial charge in [-0.2, -0.15) is 0 Å². The molecule has 0 heterocycles. The van der Waals surface area contributed by atoms with Crippen molar-refractivity contribution < 1.29 is 39.9 Å². The molecule has 2 rings (SSSR count). The minimum Gasteiger partial charge on any atom is -0.507 e. The van der Waals surface area contributed by atoms with Crippen LogP contribution >= 0.6 is 0 Å². The smallest absolute Gasteiger partial charge is 0.170 e. The predicted octanol–water partition coefficient (Wildman–Crippen LogP) is 4.09. The van der Waals surface area contributed by atoms with Crippen molar-refractivity contribution in [2.75, 3.05) is 7.11 Å².